The molecule has 1 amide bonds. The van der Waals surface area contributed by atoms with Crippen molar-refractivity contribution in [1.29, 1.82) is 0 Å². The number of rotatable bonds is 4. The number of nitrogens with zero attached hydrogens (tertiary/aromatic N) is 2. The van der Waals surface area contributed by atoms with Gasteiger partial charge in [-0.15, -0.1) is 0 Å². The molecule has 120 valence electrons. The van der Waals surface area contributed by atoms with E-state index in [1.54, 1.807) is 4.31 Å². The van der Waals surface area contributed by atoms with Crippen LogP contribution >= 0.6 is 0 Å². The Balaban J connectivity index is 1.47. The van der Waals surface area contributed by atoms with Crippen LogP contribution in [0.25, 0.3) is 0 Å². The van der Waals surface area contributed by atoms with Gasteiger partial charge in [0.2, 0.25) is 10.0 Å². The summed E-state index contributed by atoms with van der Waals surface area (Å²) in [5, 5.41) is -0.477. The van der Waals surface area contributed by atoms with Crippen LogP contribution in [0.4, 0.5) is 4.79 Å². The van der Waals surface area contributed by atoms with E-state index in [9.17, 15) is 13.2 Å². The highest BCUT2D eigenvalue weighted by atomic mass is 32.2. The van der Waals surface area contributed by atoms with Crippen LogP contribution in [-0.2, 0) is 21.4 Å². The maximum absolute atomic E-state index is 12.3. The summed E-state index contributed by atoms with van der Waals surface area (Å²) in [5.74, 6) is 0. The first-order chi connectivity index (χ1) is 10.6. The molecule has 0 N–H and O–H groups in total. The summed E-state index contributed by atoms with van der Waals surface area (Å²) in [6.45, 7) is 1.88. The van der Waals surface area contributed by atoms with Gasteiger partial charge < -0.3 is 9.64 Å². The number of amides is 1. The third kappa shape index (κ3) is 3.10. The smallest absolute Gasteiger partial charge is 0.410 e. The van der Waals surface area contributed by atoms with Gasteiger partial charge in [-0.1, -0.05) is 30.3 Å². The Bertz CT molecular complexity index is 620. The van der Waals surface area contributed by atoms with Crippen LogP contribution in [0.15, 0.2) is 30.3 Å². The minimum atomic E-state index is -3.25. The lowest BCUT2D eigenvalue weighted by Gasteiger charge is -2.39. The van der Waals surface area contributed by atoms with E-state index in [2.05, 4.69) is 0 Å². The molecule has 3 rings (SSSR count). The van der Waals surface area contributed by atoms with Crippen LogP contribution < -0.4 is 0 Å². The Morgan fingerprint density at radius 1 is 1.14 bits per heavy atom. The lowest BCUT2D eigenvalue weighted by molar-refractivity contribution is 0.0761. The van der Waals surface area contributed by atoms with Crippen LogP contribution in [0.1, 0.15) is 18.4 Å². The number of ether oxygens (including phenoxy) is 1. The molecule has 0 unspecified atom stereocenters. The maximum atomic E-state index is 12.3. The van der Waals surface area contributed by atoms with Crippen molar-refractivity contribution < 1.29 is 17.9 Å². The predicted octanol–water partition coefficient (Wildman–Crippen LogP) is 1.43. The molecule has 6 nitrogen and oxygen atoms in total. The van der Waals surface area contributed by atoms with E-state index in [-0.39, 0.29) is 19.7 Å². The number of carbonyl (C=O) groups is 1. The first-order valence-corrected chi connectivity index (χ1v) is 9.02. The molecule has 0 radical (unpaired) electrons. The molecule has 22 heavy (non-hydrogen) atoms. The van der Waals surface area contributed by atoms with E-state index in [4.69, 9.17) is 4.74 Å². The Labute approximate surface area is 130 Å². The lowest BCUT2D eigenvalue weighted by Crippen LogP contribution is -2.59. The number of hydrogen-bond acceptors (Lipinski definition) is 4. The summed E-state index contributed by atoms with van der Waals surface area (Å²) in [6, 6.07) is 9.42. The lowest BCUT2D eigenvalue weighted by atomic mass is 10.2. The highest BCUT2D eigenvalue weighted by Gasteiger charge is 2.43. The average Bonchev–Trinajstić information content (AvgIpc) is 2.99. The Kier molecular flexibility index (Phi) is 4.35. The molecule has 0 spiro atoms. The van der Waals surface area contributed by atoms with Gasteiger partial charge in [0.05, 0.1) is 0 Å². The number of sulfonamides is 1. The highest BCUT2D eigenvalue weighted by Crippen LogP contribution is 2.24. The molecule has 1 aromatic rings. The quantitative estimate of drug-likeness (QED) is 0.840. The molecule has 0 atom stereocenters. The predicted molar refractivity (Wildman–Crippen MR) is 81.7 cm³/mol. The molecule has 0 aliphatic carbocycles. The number of hydrogen-bond donors (Lipinski definition) is 0. The molecule has 2 aliphatic heterocycles. The Morgan fingerprint density at radius 2 is 1.77 bits per heavy atom. The van der Waals surface area contributed by atoms with Gasteiger partial charge in [-0.05, 0) is 18.4 Å². The van der Waals surface area contributed by atoms with E-state index in [0.717, 1.165) is 18.4 Å². The van der Waals surface area contributed by atoms with Gasteiger partial charge in [0, 0.05) is 26.2 Å². The van der Waals surface area contributed by atoms with Gasteiger partial charge >= 0.3 is 6.09 Å². The van der Waals surface area contributed by atoms with Crippen molar-refractivity contribution in [1.82, 2.24) is 9.21 Å². The van der Waals surface area contributed by atoms with Crippen molar-refractivity contribution in [2.45, 2.75) is 24.7 Å². The number of likely N-dealkylation sites (tertiary alicyclic amines) is 1. The average molecular weight is 324 g/mol. The van der Waals surface area contributed by atoms with E-state index in [1.165, 1.54) is 4.90 Å². The summed E-state index contributed by atoms with van der Waals surface area (Å²) in [4.78, 5) is 13.3. The molecule has 7 heteroatoms. The van der Waals surface area contributed by atoms with Crippen molar-refractivity contribution in [3.05, 3.63) is 35.9 Å². The second kappa shape index (κ2) is 6.26. The van der Waals surface area contributed by atoms with Crippen LogP contribution in [-0.4, -0.2) is 55.1 Å². The van der Waals surface area contributed by atoms with Gasteiger partial charge in [-0.3, -0.25) is 0 Å². The molecule has 1 aromatic carbocycles. The SMILES string of the molecule is O=C(OCc1ccccc1)N1CC(S(=O)(=O)N2CCCC2)C1. The van der Waals surface area contributed by atoms with Gasteiger partial charge in [0.25, 0.3) is 0 Å². The zero-order valence-electron chi connectivity index (χ0n) is 12.3. The zero-order valence-corrected chi connectivity index (χ0v) is 13.2. The van der Waals surface area contributed by atoms with Gasteiger partial charge in [-0.25, -0.2) is 17.5 Å². The van der Waals surface area contributed by atoms with Gasteiger partial charge in [-0.2, -0.15) is 0 Å². The zero-order chi connectivity index (χ0) is 15.6. The third-order valence-electron chi connectivity index (χ3n) is 4.16. The van der Waals surface area contributed by atoms with Crippen molar-refractivity contribution in [2.24, 2.45) is 0 Å². The topological polar surface area (TPSA) is 66.9 Å². The van der Waals surface area contributed by atoms with E-state index in [0.29, 0.717) is 13.1 Å². The van der Waals surface area contributed by atoms with Crippen molar-refractivity contribution in [3.63, 3.8) is 0 Å². The standard InChI is InChI=1S/C15H20N2O4S/c18-15(21-12-13-6-2-1-3-7-13)16-10-14(11-16)22(19,20)17-8-4-5-9-17/h1-3,6-7,14H,4-5,8-12H2. The van der Waals surface area contributed by atoms with Crippen LogP contribution in [0.2, 0.25) is 0 Å². The first-order valence-electron chi connectivity index (χ1n) is 7.52. The molecule has 2 fully saturated rings. The van der Waals surface area contributed by atoms with Crippen molar-refractivity contribution in [3.8, 4) is 0 Å². The molecule has 2 heterocycles. The Morgan fingerprint density at radius 3 is 2.41 bits per heavy atom. The number of benzene rings is 1. The van der Waals surface area contributed by atoms with E-state index < -0.39 is 21.4 Å². The van der Waals surface area contributed by atoms with E-state index in [1.807, 2.05) is 30.3 Å². The molecule has 2 aliphatic rings. The molecule has 0 saturated carbocycles. The fourth-order valence-electron chi connectivity index (χ4n) is 2.74. The summed E-state index contributed by atoms with van der Waals surface area (Å²) in [5.41, 5.74) is 0.914. The fraction of sp³-hybridized carbons (Fsp3) is 0.533. The van der Waals surface area contributed by atoms with Crippen molar-refractivity contribution >= 4 is 16.1 Å². The second-order valence-electron chi connectivity index (χ2n) is 5.72. The maximum Gasteiger partial charge on any atom is 0.410 e. The van der Waals surface area contributed by atoms with Crippen LogP contribution in [0.5, 0.6) is 0 Å². The molecular formula is C15H20N2O4S. The van der Waals surface area contributed by atoms with Crippen LogP contribution in [0.3, 0.4) is 0 Å². The normalized spacial score (nSPS) is 19.9. The molecular weight excluding hydrogens is 304 g/mol. The number of carbonyl (C=O) groups excluding carboxylic acids is 1. The summed E-state index contributed by atoms with van der Waals surface area (Å²) >= 11 is 0. The Hall–Kier alpha value is -1.60. The summed E-state index contributed by atoms with van der Waals surface area (Å²) in [7, 11) is -3.25. The second-order valence-corrected chi connectivity index (χ2v) is 7.93. The monoisotopic (exact) mass is 324 g/mol. The molecule has 2 saturated heterocycles. The largest absolute Gasteiger partial charge is 0.445 e. The fourth-order valence-corrected chi connectivity index (χ4v) is 4.67. The minimum Gasteiger partial charge on any atom is -0.445 e. The first kappa shape index (κ1) is 15.3. The molecule has 0 aromatic heterocycles. The summed E-state index contributed by atoms with van der Waals surface area (Å²) in [6.07, 6.45) is 1.40. The van der Waals surface area contributed by atoms with Gasteiger partial charge in [0.15, 0.2) is 0 Å². The van der Waals surface area contributed by atoms with Gasteiger partial charge in [0.1, 0.15) is 11.9 Å². The van der Waals surface area contributed by atoms with E-state index >= 15 is 0 Å². The summed E-state index contributed by atoms with van der Waals surface area (Å²) < 4.78 is 31.4. The third-order valence-corrected chi connectivity index (χ3v) is 6.38. The highest BCUT2D eigenvalue weighted by molar-refractivity contribution is 7.89. The van der Waals surface area contributed by atoms with Crippen LogP contribution in [0, 0.1) is 0 Å². The minimum absolute atomic E-state index is 0.208. The van der Waals surface area contributed by atoms with Crippen molar-refractivity contribution in [2.75, 3.05) is 26.2 Å². The molecule has 0 bridgehead atoms.